The fourth-order valence-corrected chi connectivity index (χ4v) is 3.03. The summed E-state index contributed by atoms with van der Waals surface area (Å²) in [5.41, 5.74) is -1.34. The Balaban J connectivity index is 2.96. The van der Waals surface area contributed by atoms with E-state index < -0.39 is 17.4 Å². The maximum atomic E-state index is 12.1. The Hall–Kier alpha value is -1.06. The lowest BCUT2D eigenvalue weighted by atomic mass is 9.65. The molecule has 104 valence electrons. The average Bonchev–Trinajstić information content (AvgIpc) is 2.33. The van der Waals surface area contributed by atoms with Crippen LogP contribution in [0.3, 0.4) is 0 Å². The van der Waals surface area contributed by atoms with Gasteiger partial charge in [0.2, 0.25) is 0 Å². The third-order valence-electron chi connectivity index (χ3n) is 4.29. The molecule has 0 amide bonds. The molecular weight excluding hydrogens is 232 g/mol. The van der Waals surface area contributed by atoms with Crippen LogP contribution in [0.25, 0.3) is 0 Å². The minimum atomic E-state index is -1.34. The molecule has 1 N–H and O–H groups in total. The molecule has 1 atom stereocenters. The van der Waals surface area contributed by atoms with E-state index in [0.29, 0.717) is 12.3 Å². The van der Waals surface area contributed by atoms with Gasteiger partial charge in [0.15, 0.2) is 5.41 Å². The summed E-state index contributed by atoms with van der Waals surface area (Å²) in [5.74, 6) is -1.04. The Morgan fingerprint density at radius 3 is 2.17 bits per heavy atom. The molecule has 0 spiro atoms. The first kappa shape index (κ1) is 15.0. The van der Waals surface area contributed by atoms with E-state index in [1.54, 1.807) is 13.8 Å². The fraction of sp³-hybridized carbons (Fsp3) is 0.857. The van der Waals surface area contributed by atoms with E-state index >= 15 is 0 Å². The van der Waals surface area contributed by atoms with Crippen LogP contribution in [0, 0.1) is 17.3 Å². The predicted octanol–water partition coefficient (Wildman–Crippen LogP) is 2.86. The van der Waals surface area contributed by atoms with Crippen molar-refractivity contribution in [3.05, 3.63) is 0 Å². The highest BCUT2D eigenvalue weighted by Crippen LogP contribution is 2.43. The van der Waals surface area contributed by atoms with Gasteiger partial charge in [0.1, 0.15) is 0 Å². The molecule has 0 saturated heterocycles. The molecule has 4 heteroatoms. The predicted molar refractivity (Wildman–Crippen MR) is 68.1 cm³/mol. The lowest BCUT2D eigenvalue weighted by Gasteiger charge is -2.38. The molecular formula is C14H24O4. The molecule has 1 aliphatic carbocycles. The van der Waals surface area contributed by atoms with Gasteiger partial charge >= 0.3 is 11.9 Å². The summed E-state index contributed by atoms with van der Waals surface area (Å²) in [6, 6.07) is 0. The van der Waals surface area contributed by atoms with Crippen molar-refractivity contribution in [3.8, 4) is 0 Å². The first-order chi connectivity index (χ1) is 8.48. The van der Waals surface area contributed by atoms with E-state index in [-0.39, 0.29) is 12.5 Å². The normalized spacial score (nSPS) is 27.3. The summed E-state index contributed by atoms with van der Waals surface area (Å²) in [4.78, 5) is 23.8. The van der Waals surface area contributed by atoms with E-state index in [0.717, 1.165) is 25.7 Å². The minimum absolute atomic E-state index is 0.0877. The molecule has 1 saturated carbocycles. The molecule has 1 rings (SSSR count). The summed E-state index contributed by atoms with van der Waals surface area (Å²) in [6.07, 6.45) is 3.92. The first-order valence-electron chi connectivity index (χ1n) is 6.89. The highest BCUT2D eigenvalue weighted by Gasteiger charge is 2.52. The van der Waals surface area contributed by atoms with Gasteiger partial charge in [-0.25, -0.2) is 0 Å². The molecule has 0 aromatic rings. The number of hydrogen-bond acceptors (Lipinski definition) is 3. The summed E-state index contributed by atoms with van der Waals surface area (Å²) >= 11 is 0. The Morgan fingerprint density at radius 1 is 1.22 bits per heavy atom. The zero-order valence-corrected chi connectivity index (χ0v) is 11.6. The molecule has 0 heterocycles. The van der Waals surface area contributed by atoms with E-state index in [4.69, 9.17) is 4.74 Å². The van der Waals surface area contributed by atoms with Crippen LogP contribution in [0.5, 0.6) is 0 Å². The van der Waals surface area contributed by atoms with E-state index in [2.05, 4.69) is 6.92 Å². The van der Waals surface area contributed by atoms with Crippen LogP contribution in [0.15, 0.2) is 0 Å². The summed E-state index contributed by atoms with van der Waals surface area (Å²) in [6.45, 7) is 5.89. The molecule has 0 bridgehead atoms. The van der Waals surface area contributed by atoms with Crippen molar-refractivity contribution in [1.82, 2.24) is 0 Å². The molecule has 0 radical (unpaired) electrons. The Morgan fingerprint density at radius 2 is 1.78 bits per heavy atom. The number of hydrogen-bond donors (Lipinski definition) is 1. The van der Waals surface area contributed by atoms with Crippen molar-refractivity contribution in [2.45, 2.75) is 52.9 Å². The third-order valence-corrected chi connectivity index (χ3v) is 4.29. The summed E-state index contributed by atoms with van der Waals surface area (Å²) in [5, 5.41) is 9.54. The second kappa shape index (κ2) is 6.21. The standard InChI is InChI=1S/C14H24O4/c1-4-14(12(15)16,13(17)18-5-2)11-8-6-10(3)7-9-11/h10-11H,4-9H2,1-3H3,(H,15,16). The van der Waals surface area contributed by atoms with Crippen LogP contribution < -0.4 is 0 Å². The van der Waals surface area contributed by atoms with Crippen molar-refractivity contribution in [2.24, 2.45) is 17.3 Å². The number of rotatable bonds is 5. The third kappa shape index (κ3) is 2.68. The molecule has 4 nitrogen and oxygen atoms in total. The van der Waals surface area contributed by atoms with Gasteiger partial charge in [0.25, 0.3) is 0 Å². The quantitative estimate of drug-likeness (QED) is 0.607. The van der Waals surface area contributed by atoms with Gasteiger partial charge in [0, 0.05) is 0 Å². The van der Waals surface area contributed by atoms with Crippen molar-refractivity contribution >= 4 is 11.9 Å². The van der Waals surface area contributed by atoms with Gasteiger partial charge in [-0.2, -0.15) is 0 Å². The Labute approximate surface area is 109 Å². The first-order valence-corrected chi connectivity index (χ1v) is 6.89. The maximum Gasteiger partial charge on any atom is 0.323 e. The highest BCUT2D eigenvalue weighted by molar-refractivity contribution is 5.99. The second-order valence-electron chi connectivity index (χ2n) is 5.31. The zero-order valence-electron chi connectivity index (χ0n) is 11.6. The Kier molecular flexibility index (Phi) is 5.17. The monoisotopic (exact) mass is 256 g/mol. The molecule has 1 unspecified atom stereocenters. The van der Waals surface area contributed by atoms with Crippen molar-refractivity contribution in [1.29, 1.82) is 0 Å². The van der Waals surface area contributed by atoms with Crippen LogP contribution in [0.2, 0.25) is 0 Å². The number of carbonyl (C=O) groups excluding carboxylic acids is 1. The largest absolute Gasteiger partial charge is 0.480 e. The summed E-state index contributed by atoms with van der Waals surface area (Å²) in [7, 11) is 0. The van der Waals surface area contributed by atoms with Crippen LogP contribution >= 0.6 is 0 Å². The topological polar surface area (TPSA) is 63.6 Å². The lowest BCUT2D eigenvalue weighted by Crippen LogP contribution is -2.47. The lowest BCUT2D eigenvalue weighted by molar-refractivity contribution is -0.175. The number of carbonyl (C=O) groups is 2. The number of aliphatic carboxylic acids is 1. The van der Waals surface area contributed by atoms with Gasteiger partial charge < -0.3 is 9.84 Å². The van der Waals surface area contributed by atoms with Gasteiger partial charge in [0.05, 0.1) is 6.61 Å². The second-order valence-corrected chi connectivity index (χ2v) is 5.31. The summed E-state index contributed by atoms with van der Waals surface area (Å²) < 4.78 is 5.02. The van der Waals surface area contributed by atoms with Crippen molar-refractivity contribution in [2.75, 3.05) is 6.61 Å². The van der Waals surface area contributed by atoms with Crippen LogP contribution in [-0.4, -0.2) is 23.7 Å². The van der Waals surface area contributed by atoms with Crippen LogP contribution in [0.1, 0.15) is 52.9 Å². The molecule has 1 fully saturated rings. The van der Waals surface area contributed by atoms with E-state index in [1.165, 1.54) is 0 Å². The van der Waals surface area contributed by atoms with Crippen molar-refractivity contribution < 1.29 is 19.4 Å². The fourth-order valence-electron chi connectivity index (χ4n) is 3.03. The number of esters is 1. The SMILES string of the molecule is CCOC(=O)C(CC)(C(=O)O)C1CCC(C)CC1. The van der Waals surface area contributed by atoms with Gasteiger partial charge in [-0.05, 0) is 38.0 Å². The van der Waals surface area contributed by atoms with E-state index in [9.17, 15) is 14.7 Å². The molecule has 0 aromatic heterocycles. The van der Waals surface area contributed by atoms with Crippen LogP contribution in [0.4, 0.5) is 0 Å². The molecule has 0 aliphatic heterocycles. The van der Waals surface area contributed by atoms with E-state index in [1.807, 2.05) is 0 Å². The number of ether oxygens (including phenoxy) is 1. The minimum Gasteiger partial charge on any atom is -0.480 e. The average molecular weight is 256 g/mol. The molecule has 1 aliphatic rings. The number of carboxylic acids is 1. The molecule has 18 heavy (non-hydrogen) atoms. The smallest absolute Gasteiger partial charge is 0.323 e. The zero-order chi connectivity index (χ0) is 13.8. The van der Waals surface area contributed by atoms with Gasteiger partial charge in [-0.3, -0.25) is 9.59 Å². The van der Waals surface area contributed by atoms with Gasteiger partial charge in [-0.1, -0.05) is 26.7 Å². The molecule has 0 aromatic carbocycles. The highest BCUT2D eigenvalue weighted by atomic mass is 16.5. The van der Waals surface area contributed by atoms with Crippen molar-refractivity contribution in [3.63, 3.8) is 0 Å². The number of carboxylic acid groups (broad SMARTS) is 1. The van der Waals surface area contributed by atoms with Gasteiger partial charge in [-0.15, -0.1) is 0 Å². The maximum absolute atomic E-state index is 12.1. The Bertz CT molecular complexity index is 305. The van der Waals surface area contributed by atoms with Crippen LogP contribution in [-0.2, 0) is 14.3 Å².